The van der Waals surface area contributed by atoms with Crippen molar-refractivity contribution in [1.29, 1.82) is 0 Å². The van der Waals surface area contributed by atoms with Gasteiger partial charge in [0.15, 0.2) is 12.0 Å². The van der Waals surface area contributed by atoms with Gasteiger partial charge >= 0.3 is 0 Å². The predicted molar refractivity (Wildman–Crippen MR) is 116 cm³/mol. The van der Waals surface area contributed by atoms with Crippen molar-refractivity contribution in [1.82, 2.24) is 15.0 Å². The summed E-state index contributed by atoms with van der Waals surface area (Å²) < 4.78 is 11.6. The summed E-state index contributed by atoms with van der Waals surface area (Å²) in [4.78, 5) is 15.9. The molecule has 0 spiro atoms. The number of ether oxygens (including phenoxy) is 1. The van der Waals surface area contributed by atoms with Crippen LogP contribution in [0, 0.1) is 13.8 Å². The number of likely N-dealkylation sites (N-methyl/N-ethyl adjacent to an activating group) is 1. The minimum atomic E-state index is -0.563. The smallest absolute Gasteiger partial charge is 0.209 e. The largest absolute Gasteiger partial charge is 0.468 e. The van der Waals surface area contributed by atoms with Crippen molar-refractivity contribution in [2.75, 3.05) is 33.2 Å². The Labute approximate surface area is 177 Å². The Balaban J connectivity index is 1.48. The van der Waals surface area contributed by atoms with Crippen LogP contribution in [0.15, 0.2) is 53.1 Å². The molecule has 0 radical (unpaired) electrons. The van der Waals surface area contributed by atoms with Crippen LogP contribution < -0.4 is 4.74 Å². The van der Waals surface area contributed by atoms with Gasteiger partial charge in [0.25, 0.3) is 0 Å². The highest BCUT2D eigenvalue weighted by Gasteiger charge is 2.23. The maximum atomic E-state index is 11.6. The number of hydrogen-bond donors (Lipinski definition) is 0. The molecular formula is C24H27N3O3. The van der Waals surface area contributed by atoms with Crippen molar-refractivity contribution >= 4 is 6.29 Å². The van der Waals surface area contributed by atoms with E-state index in [0.717, 1.165) is 60.6 Å². The first-order chi connectivity index (χ1) is 14.5. The zero-order chi connectivity index (χ0) is 21.1. The van der Waals surface area contributed by atoms with Gasteiger partial charge in [0, 0.05) is 42.9 Å². The molecule has 156 valence electrons. The molecule has 0 bridgehead atoms. The molecule has 30 heavy (non-hydrogen) atoms. The number of benzene rings is 2. The number of aldehydes is 1. The Kier molecular flexibility index (Phi) is 5.97. The van der Waals surface area contributed by atoms with Crippen LogP contribution in [0.4, 0.5) is 0 Å². The molecule has 1 fully saturated rings. The second kappa shape index (κ2) is 8.81. The van der Waals surface area contributed by atoms with Crippen molar-refractivity contribution in [3.63, 3.8) is 0 Å². The second-order valence-corrected chi connectivity index (χ2v) is 7.86. The average molecular weight is 405 g/mol. The lowest BCUT2D eigenvalue weighted by atomic mass is 10.0. The minimum absolute atomic E-state index is 0.563. The summed E-state index contributed by atoms with van der Waals surface area (Å²) in [6.45, 7) is 7.57. The van der Waals surface area contributed by atoms with Gasteiger partial charge in [0.1, 0.15) is 11.4 Å². The summed E-state index contributed by atoms with van der Waals surface area (Å²) in [5.41, 5.74) is 4.97. The predicted octanol–water partition coefficient (Wildman–Crippen LogP) is 3.78. The first-order valence-electron chi connectivity index (χ1n) is 10.2. The summed E-state index contributed by atoms with van der Waals surface area (Å²) in [6, 6.07) is 15.9. The normalized spacial score (nSPS) is 16.4. The molecule has 3 aromatic rings. The number of nitrogens with zero attached hydrogens (tertiary/aromatic N) is 3. The fraction of sp³-hybridized carbons (Fsp3) is 0.333. The standard InChI is InChI=1S/C24H27N3O3/c1-17-4-6-20(7-5-17)24-18(2)23(25-30-24)19-8-10-21(11-9-19)29-22(16-28)27-14-12-26(3)13-15-27/h4-11,16,22H,12-15H2,1-3H3. The Morgan fingerprint density at radius 1 is 0.967 bits per heavy atom. The van der Waals surface area contributed by atoms with E-state index in [9.17, 15) is 4.79 Å². The van der Waals surface area contributed by atoms with Gasteiger partial charge in [-0.3, -0.25) is 9.69 Å². The molecule has 1 saturated heterocycles. The monoisotopic (exact) mass is 405 g/mol. The molecular weight excluding hydrogens is 378 g/mol. The molecule has 1 atom stereocenters. The van der Waals surface area contributed by atoms with Crippen LogP contribution >= 0.6 is 0 Å². The Morgan fingerprint density at radius 2 is 1.60 bits per heavy atom. The molecule has 0 amide bonds. The summed E-state index contributed by atoms with van der Waals surface area (Å²) in [6.07, 6.45) is 0.306. The SMILES string of the molecule is Cc1ccc(-c2onc(-c3ccc(OC(C=O)N4CCN(C)CC4)cc3)c2C)cc1. The van der Waals surface area contributed by atoms with Gasteiger partial charge < -0.3 is 14.2 Å². The van der Waals surface area contributed by atoms with Crippen molar-refractivity contribution < 1.29 is 14.1 Å². The highest BCUT2D eigenvalue weighted by molar-refractivity contribution is 5.72. The Morgan fingerprint density at radius 3 is 2.23 bits per heavy atom. The molecule has 1 aromatic heterocycles. The zero-order valence-electron chi connectivity index (χ0n) is 17.7. The van der Waals surface area contributed by atoms with Crippen LogP contribution in [0.2, 0.25) is 0 Å². The average Bonchev–Trinajstić information content (AvgIpc) is 3.15. The number of rotatable bonds is 6. The third-order valence-corrected chi connectivity index (χ3v) is 5.64. The van der Waals surface area contributed by atoms with Crippen LogP contribution in [0.25, 0.3) is 22.6 Å². The van der Waals surface area contributed by atoms with E-state index in [0.29, 0.717) is 5.75 Å². The molecule has 1 aliphatic rings. The summed E-state index contributed by atoms with van der Waals surface area (Å²) in [5, 5.41) is 4.29. The third-order valence-electron chi connectivity index (χ3n) is 5.64. The first-order valence-corrected chi connectivity index (χ1v) is 10.2. The van der Waals surface area contributed by atoms with Crippen LogP contribution in [0.3, 0.4) is 0 Å². The number of aryl methyl sites for hydroxylation is 1. The van der Waals surface area contributed by atoms with Gasteiger partial charge in [0.2, 0.25) is 6.23 Å². The molecule has 1 aliphatic heterocycles. The fourth-order valence-corrected chi connectivity index (χ4v) is 3.67. The highest BCUT2D eigenvalue weighted by atomic mass is 16.5. The van der Waals surface area contributed by atoms with E-state index in [1.54, 1.807) is 0 Å². The maximum Gasteiger partial charge on any atom is 0.209 e. The number of hydrogen-bond acceptors (Lipinski definition) is 6. The van der Waals surface area contributed by atoms with Gasteiger partial charge in [-0.1, -0.05) is 35.0 Å². The van der Waals surface area contributed by atoms with E-state index in [1.165, 1.54) is 5.56 Å². The van der Waals surface area contributed by atoms with Crippen LogP contribution in [-0.2, 0) is 4.79 Å². The Hall–Kier alpha value is -2.96. The van der Waals surface area contributed by atoms with Crippen molar-refractivity contribution in [2.24, 2.45) is 0 Å². The minimum Gasteiger partial charge on any atom is -0.468 e. The molecule has 4 rings (SSSR count). The van der Waals surface area contributed by atoms with E-state index in [-0.39, 0.29) is 0 Å². The quantitative estimate of drug-likeness (QED) is 0.582. The molecule has 0 saturated carbocycles. The van der Waals surface area contributed by atoms with Crippen LogP contribution in [-0.4, -0.2) is 60.7 Å². The van der Waals surface area contributed by atoms with E-state index in [1.807, 2.05) is 43.3 Å². The van der Waals surface area contributed by atoms with Gasteiger partial charge in [-0.2, -0.15) is 0 Å². The highest BCUT2D eigenvalue weighted by Crippen LogP contribution is 2.32. The molecule has 0 aliphatic carbocycles. The number of carbonyl (C=O) groups is 1. The molecule has 2 heterocycles. The molecule has 6 heteroatoms. The van der Waals surface area contributed by atoms with E-state index < -0.39 is 6.23 Å². The van der Waals surface area contributed by atoms with Crippen molar-refractivity contribution in [3.8, 4) is 28.3 Å². The van der Waals surface area contributed by atoms with Gasteiger partial charge in [0.05, 0.1) is 0 Å². The van der Waals surface area contributed by atoms with Gasteiger partial charge in [-0.15, -0.1) is 0 Å². The maximum absolute atomic E-state index is 11.6. The molecule has 6 nitrogen and oxygen atoms in total. The van der Waals surface area contributed by atoms with Crippen molar-refractivity contribution in [2.45, 2.75) is 20.1 Å². The zero-order valence-corrected chi connectivity index (χ0v) is 17.7. The number of piperazine rings is 1. The lowest BCUT2D eigenvalue weighted by molar-refractivity contribution is -0.123. The number of carbonyl (C=O) groups excluding carboxylic acids is 1. The fourth-order valence-electron chi connectivity index (χ4n) is 3.67. The van der Waals surface area contributed by atoms with E-state index >= 15 is 0 Å². The second-order valence-electron chi connectivity index (χ2n) is 7.86. The van der Waals surface area contributed by atoms with Crippen LogP contribution in [0.5, 0.6) is 5.75 Å². The summed E-state index contributed by atoms with van der Waals surface area (Å²) >= 11 is 0. The molecule has 1 unspecified atom stereocenters. The summed E-state index contributed by atoms with van der Waals surface area (Å²) in [5.74, 6) is 1.44. The number of aromatic nitrogens is 1. The lowest BCUT2D eigenvalue weighted by Gasteiger charge is -2.35. The van der Waals surface area contributed by atoms with Gasteiger partial charge in [-0.25, -0.2) is 0 Å². The van der Waals surface area contributed by atoms with Crippen molar-refractivity contribution in [3.05, 3.63) is 59.7 Å². The van der Waals surface area contributed by atoms with Gasteiger partial charge in [-0.05, 0) is 45.2 Å². The molecule has 0 N–H and O–H groups in total. The lowest BCUT2D eigenvalue weighted by Crippen LogP contribution is -2.51. The summed E-state index contributed by atoms with van der Waals surface area (Å²) in [7, 11) is 2.09. The van der Waals surface area contributed by atoms with E-state index in [2.05, 4.69) is 41.1 Å². The topological polar surface area (TPSA) is 58.8 Å². The van der Waals surface area contributed by atoms with Crippen LogP contribution in [0.1, 0.15) is 11.1 Å². The molecule has 2 aromatic carbocycles. The first kappa shape index (κ1) is 20.3. The Bertz CT molecular complexity index is 988. The van der Waals surface area contributed by atoms with E-state index in [4.69, 9.17) is 9.26 Å². The third kappa shape index (κ3) is 4.30.